The number of hydrogen-bond acceptors (Lipinski definition) is 1. The van der Waals surface area contributed by atoms with Crippen LogP contribution in [-0.4, -0.2) is 5.78 Å². The summed E-state index contributed by atoms with van der Waals surface area (Å²) in [7, 11) is 0. The topological polar surface area (TPSA) is 17.1 Å². The highest BCUT2D eigenvalue weighted by molar-refractivity contribution is 5.89. The first-order valence-electron chi connectivity index (χ1n) is 10.5. The van der Waals surface area contributed by atoms with Gasteiger partial charge in [-0.3, -0.25) is 4.79 Å². The molecule has 0 aromatic heterocycles. The molecule has 0 amide bonds. The largest absolute Gasteiger partial charge is 0.299 e. The summed E-state index contributed by atoms with van der Waals surface area (Å²) >= 11 is 0. The highest BCUT2D eigenvalue weighted by Crippen LogP contribution is 2.67. The van der Waals surface area contributed by atoms with Crippen molar-refractivity contribution in [2.75, 3.05) is 0 Å². The van der Waals surface area contributed by atoms with Crippen molar-refractivity contribution in [2.45, 2.75) is 86.0 Å². The Bertz CT molecular complexity index is 585. The molecule has 3 fully saturated rings. The zero-order chi connectivity index (χ0) is 17.3. The minimum absolute atomic E-state index is 0.222. The lowest BCUT2D eigenvalue weighted by molar-refractivity contribution is -0.131. The van der Waals surface area contributed by atoms with E-state index in [9.17, 15) is 4.79 Å². The Morgan fingerprint density at radius 2 is 1.79 bits per heavy atom. The standard InChI is InChI=1S/C23H36O/c1-6-15-7-9-17-16-8-10-19-21(2,3)20(24)12-14-23(19,5)18(16)11-13-22(15,17)4/h10,15-18H,6-9,11-14H2,1-5H3. The van der Waals surface area contributed by atoms with Gasteiger partial charge >= 0.3 is 0 Å². The molecular formula is C23H36O. The molecule has 0 radical (unpaired) electrons. The number of rotatable bonds is 1. The number of ketones is 1. The van der Waals surface area contributed by atoms with Crippen molar-refractivity contribution >= 4 is 5.78 Å². The zero-order valence-corrected chi connectivity index (χ0v) is 16.5. The van der Waals surface area contributed by atoms with Crippen LogP contribution >= 0.6 is 0 Å². The smallest absolute Gasteiger partial charge is 0.142 e. The lowest BCUT2D eigenvalue weighted by Gasteiger charge is -2.59. The molecule has 3 saturated carbocycles. The minimum Gasteiger partial charge on any atom is -0.299 e. The van der Waals surface area contributed by atoms with E-state index in [0.29, 0.717) is 11.2 Å². The summed E-state index contributed by atoms with van der Waals surface area (Å²) in [5.74, 6) is 4.04. The van der Waals surface area contributed by atoms with Crippen molar-refractivity contribution in [3.8, 4) is 0 Å². The normalized spacial score (nSPS) is 49.9. The Morgan fingerprint density at radius 3 is 2.50 bits per heavy atom. The van der Waals surface area contributed by atoms with E-state index in [-0.39, 0.29) is 10.8 Å². The Hall–Kier alpha value is -0.590. The lowest BCUT2D eigenvalue weighted by atomic mass is 9.44. The summed E-state index contributed by atoms with van der Waals surface area (Å²) in [6, 6.07) is 0. The van der Waals surface area contributed by atoms with E-state index in [2.05, 4.69) is 40.7 Å². The number of carbonyl (C=O) groups is 1. The number of allylic oxidation sites excluding steroid dienone is 2. The summed E-state index contributed by atoms with van der Waals surface area (Å²) in [4.78, 5) is 12.5. The van der Waals surface area contributed by atoms with Crippen LogP contribution in [-0.2, 0) is 4.79 Å². The van der Waals surface area contributed by atoms with Crippen molar-refractivity contribution < 1.29 is 4.79 Å². The fourth-order valence-corrected chi connectivity index (χ4v) is 8.00. The van der Waals surface area contributed by atoms with Crippen LogP contribution in [0.1, 0.15) is 86.0 Å². The number of fused-ring (bicyclic) bond motifs is 5. The van der Waals surface area contributed by atoms with E-state index in [1.165, 1.54) is 44.1 Å². The van der Waals surface area contributed by atoms with Gasteiger partial charge in [0.25, 0.3) is 0 Å². The third kappa shape index (κ3) is 1.96. The zero-order valence-electron chi connectivity index (χ0n) is 16.5. The maximum Gasteiger partial charge on any atom is 0.142 e. The van der Waals surface area contributed by atoms with Crippen molar-refractivity contribution in [2.24, 2.45) is 39.9 Å². The first-order chi connectivity index (χ1) is 11.2. The van der Waals surface area contributed by atoms with Gasteiger partial charge in [-0.25, -0.2) is 0 Å². The first kappa shape index (κ1) is 16.9. The summed E-state index contributed by atoms with van der Waals surface area (Å²) < 4.78 is 0. The molecule has 0 spiro atoms. The summed E-state index contributed by atoms with van der Waals surface area (Å²) in [5, 5.41) is 0. The van der Waals surface area contributed by atoms with Crippen LogP contribution in [0.4, 0.5) is 0 Å². The number of carbonyl (C=O) groups excluding carboxylic acids is 1. The van der Waals surface area contributed by atoms with Gasteiger partial charge in [0.1, 0.15) is 5.78 Å². The van der Waals surface area contributed by atoms with Gasteiger partial charge in [0.15, 0.2) is 0 Å². The Balaban J connectivity index is 1.72. The van der Waals surface area contributed by atoms with E-state index < -0.39 is 0 Å². The molecule has 6 atom stereocenters. The first-order valence-corrected chi connectivity index (χ1v) is 10.5. The van der Waals surface area contributed by atoms with Crippen LogP contribution in [0.15, 0.2) is 11.6 Å². The van der Waals surface area contributed by atoms with Gasteiger partial charge in [-0.2, -0.15) is 0 Å². The molecular weight excluding hydrogens is 292 g/mol. The van der Waals surface area contributed by atoms with Gasteiger partial charge < -0.3 is 0 Å². The van der Waals surface area contributed by atoms with Crippen LogP contribution in [0.5, 0.6) is 0 Å². The van der Waals surface area contributed by atoms with Crippen molar-refractivity contribution in [3.05, 3.63) is 11.6 Å². The predicted molar refractivity (Wildman–Crippen MR) is 99.7 cm³/mol. The Labute approximate surface area is 148 Å². The molecule has 0 saturated heterocycles. The Morgan fingerprint density at radius 1 is 1.04 bits per heavy atom. The minimum atomic E-state index is -0.222. The second kappa shape index (κ2) is 5.21. The number of Topliss-reactive ketones (excluding diaryl/α,β-unsaturated/α-hetero) is 1. The molecule has 0 aromatic rings. The molecule has 6 unspecified atom stereocenters. The molecule has 1 heteroatoms. The highest BCUT2D eigenvalue weighted by Gasteiger charge is 2.60. The van der Waals surface area contributed by atoms with Crippen molar-refractivity contribution in [1.82, 2.24) is 0 Å². The molecule has 1 nitrogen and oxygen atoms in total. The predicted octanol–water partition coefficient (Wildman–Crippen LogP) is 6.18. The van der Waals surface area contributed by atoms with E-state index in [4.69, 9.17) is 0 Å². The molecule has 4 aliphatic carbocycles. The van der Waals surface area contributed by atoms with Gasteiger partial charge in [0.05, 0.1) is 0 Å². The van der Waals surface area contributed by atoms with E-state index in [1.807, 2.05) is 0 Å². The molecule has 0 N–H and O–H groups in total. The molecule has 24 heavy (non-hydrogen) atoms. The third-order valence-corrected chi connectivity index (χ3v) is 9.40. The van der Waals surface area contributed by atoms with Gasteiger partial charge in [0, 0.05) is 11.8 Å². The maximum atomic E-state index is 12.5. The second-order valence-electron chi connectivity index (χ2n) is 10.4. The quantitative estimate of drug-likeness (QED) is 0.525. The molecule has 4 rings (SSSR count). The molecule has 0 bridgehead atoms. The Kier molecular flexibility index (Phi) is 3.66. The SMILES string of the molecule is CCC1CCC2C3CC=C4C(C)(C)C(=O)CCC4(C)C3CCC12C. The van der Waals surface area contributed by atoms with Gasteiger partial charge in [0.2, 0.25) is 0 Å². The van der Waals surface area contributed by atoms with Gasteiger partial charge in [-0.15, -0.1) is 0 Å². The summed E-state index contributed by atoms with van der Waals surface area (Å²) in [6.07, 6.45) is 12.8. The molecule has 4 aliphatic rings. The lowest BCUT2D eigenvalue weighted by Crippen LogP contribution is -2.53. The monoisotopic (exact) mass is 328 g/mol. The average molecular weight is 329 g/mol. The molecule has 0 aliphatic heterocycles. The third-order valence-electron chi connectivity index (χ3n) is 9.40. The molecule has 0 aromatic carbocycles. The second-order valence-corrected chi connectivity index (χ2v) is 10.4. The van der Waals surface area contributed by atoms with E-state index in [0.717, 1.165) is 36.5 Å². The highest BCUT2D eigenvalue weighted by atomic mass is 16.1. The van der Waals surface area contributed by atoms with Crippen molar-refractivity contribution in [3.63, 3.8) is 0 Å². The number of hydrogen-bond donors (Lipinski definition) is 0. The van der Waals surface area contributed by atoms with Crippen LogP contribution < -0.4 is 0 Å². The van der Waals surface area contributed by atoms with Gasteiger partial charge in [-0.05, 0) is 86.9 Å². The molecule has 0 heterocycles. The maximum absolute atomic E-state index is 12.5. The van der Waals surface area contributed by atoms with Crippen LogP contribution in [0, 0.1) is 39.9 Å². The van der Waals surface area contributed by atoms with Crippen LogP contribution in [0.2, 0.25) is 0 Å². The summed E-state index contributed by atoms with van der Waals surface area (Å²) in [5.41, 5.74) is 2.16. The average Bonchev–Trinajstić information content (AvgIpc) is 2.88. The van der Waals surface area contributed by atoms with Crippen LogP contribution in [0.3, 0.4) is 0 Å². The van der Waals surface area contributed by atoms with Crippen molar-refractivity contribution in [1.29, 1.82) is 0 Å². The molecule has 134 valence electrons. The van der Waals surface area contributed by atoms with Gasteiger partial charge in [-0.1, -0.05) is 38.8 Å². The fraction of sp³-hybridized carbons (Fsp3) is 0.870. The fourth-order valence-electron chi connectivity index (χ4n) is 8.00. The summed E-state index contributed by atoms with van der Waals surface area (Å²) in [6.45, 7) is 11.9. The van der Waals surface area contributed by atoms with E-state index in [1.54, 1.807) is 0 Å². The van der Waals surface area contributed by atoms with E-state index >= 15 is 0 Å². The van der Waals surface area contributed by atoms with Crippen LogP contribution in [0.25, 0.3) is 0 Å².